The fraction of sp³-hybridized carbons (Fsp3) is 0.435. The summed E-state index contributed by atoms with van der Waals surface area (Å²) in [6.07, 6.45) is 2.00. The number of rotatable bonds is 10. The molecule has 1 amide bonds. The van der Waals surface area contributed by atoms with E-state index in [9.17, 15) is 4.79 Å². The number of benzene rings is 2. The Morgan fingerprint density at radius 3 is 2.70 bits per heavy atom. The number of hydrogen-bond acceptors (Lipinski definition) is 5. The van der Waals surface area contributed by atoms with Crippen LogP contribution in [0.4, 0.5) is 0 Å². The van der Waals surface area contributed by atoms with Crippen molar-refractivity contribution in [3.05, 3.63) is 58.6 Å². The molecule has 3 rings (SSSR count). The van der Waals surface area contributed by atoms with E-state index in [1.54, 1.807) is 25.3 Å². The summed E-state index contributed by atoms with van der Waals surface area (Å²) in [4.78, 5) is 14.9. The number of nitrogens with one attached hydrogen (secondary N) is 1. The zero-order chi connectivity index (χ0) is 21.2. The summed E-state index contributed by atoms with van der Waals surface area (Å²) in [6, 6.07) is 12.7. The summed E-state index contributed by atoms with van der Waals surface area (Å²) in [6.45, 7) is 5.65. The third-order valence-corrected chi connectivity index (χ3v) is 5.43. The zero-order valence-electron chi connectivity index (χ0n) is 17.4. The molecule has 6 nitrogen and oxygen atoms in total. The monoisotopic (exact) mass is 432 g/mol. The van der Waals surface area contributed by atoms with Gasteiger partial charge in [-0.05, 0) is 43.7 Å². The number of carbonyl (C=O) groups excluding carboxylic acids is 1. The number of halogens is 1. The molecule has 0 unspecified atom stereocenters. The summed E-state index contributed by atoms with van der Waals surface area (Å²) < 4.78 is 16.6. The Labute approximate surface area is 183 Å². The highest BCUT2D eigenvalue weighted by Gasteiger charge is 2.12. The first-order chi connectivity index (χ1) is 14.7. The highest BCUT2D eigenvalue weighted by molar-refractivity contribution is 6.31. The van der Waals surface area contributed by atoms with E-state index in [1.165, 1.54) is 0 Å². The van der Waals surface area contributed by atoms with Crippen LogP contribution < -0.4 is 14.8 Å². The van der Waals surface area contributed by atoms with Crippen molar-refractivity contribution in [2.75, 3.05) is 46.5 Å². The molecule has 0 atom stereocenters. The van der Waals surface area contributed by atoms with Crippen LogP contribution in [0.3, 0.4) is 0 Å². The van der Waals surface area contributed by atoms with Gasteiger partial charge in [0.1, 0.15) is 6.61 Å². The van der Waals surface area contributed by atoms with Gasteiger partial charge in [0.05, 0.1) is 20.3 Å². The average Bonchev–Trinajstić information content (AvgIpc) is 2.78. The van der Waals surface area contributed by atoms with Crippen molar-refractivity contribution in [1.82, 2.24) is 10.2 Å². The minimum atomic E-state index is -0.114. The Kier molecular flexibility index (Phi) is 8.81. The molecule has 0 radical (unpaired) electrons. The van der Waals surface area contributed by atoms with Gasteiger partial charge >= 0.3 is 0 Å². The number of ether oxygens (including phenoxy) is 3. The molecule has 1 fully saturated rings. The molecule has 0 aliphatic carbocycles. The molecule has 0 bridgehead atoms. The van der Waals surface area contributed by atoms with Crippen molar-refractivity contribution in [3.8, 4) is 11.5 Å². The first-order valence-electron chi connectivity index (χ1n) is 10.3. The number of carbonyl (C=O) groups is 1. The molecule has 30 heavy (non-hydrogen) atoms. The second-order valence-corrected chi connectivity index (χ2v) is 7.57. The van der Waals surface area contributed by atoms with Crippen LogP contribution in [-0.4, -0.2) is 57.3 Å². The first kappa shape index (κ1) is 22.4. The number of unbranched alkanes of at least 4 members (excludes halogenated alkanes) is 1. The van der Waals surface area contributed by atoms with Crippen LogP contribution in [0.2, 0.25) is 5.02 Å². The summed E-state index contributed by atoms with van der Waals surface area (Å²) in [5.74, 6) is 0.971. The largest absolute Gasteiger partial charge is 0.493 e. The Hall–Kier alpha value is -2.28. The van der Waals surface area contributed by atoms with Crippen LogP contribution >= 0.6 is 11.6 Å². The lowest BCUT2D eigenvalue weighted by Gasteiger charge is -2.26. The topological polar surface area (TPSA) is 60.0 Å². The summed E-state index contributed by atoms with van der Waals surface area (Å²) in [5, 5.41) is 3.63. The first-order valence-corrected chi connectivity index (χ1v) is 10.7. The molecule has 2 aromatic rings. The Balaban J connectivity index is 1.46. The highest BCUT2D eigenvalue weighted by atomic mass is 35.5. The number of amides is 1. The standard InChI is InChI=1S/C23H29ClN2O4/c1-28-22-16-18(8-9-21(22)30-17-19-6-2-3-7-20(19)24)23(27)25-10-4-5-11-26-12-14-29-15-13-26/h2-3,6-9,16H,4-5,10-15,17H2,1H3,(H,25,27). The normalized spacial score (nSPS) is 14.3. The molecule has 1 aliphatic rings. The lowest BCUT2D eigenvalue weighted by Crippen LogP contribution is -2.37. The Bertz CT molecular complexity index is 825. The SMILES string of the molecule is COc1cc(C(=O)NCCCCN2CCOCC2)ccc1OCc1ccccc1Cl. The van der Waals surface area contributed by atoms with Crippen molar-refractivity contribution in [2.45, 2.75) is 19.4 Å². The maximum Gasteiger partial charge on any atom is 0.251 e. The molecule has 162 valence electrons. The predicted molar refractivity (Wildman–Crippen MR) is 118 cm³/mol. The molecule has 0 spiro atoms. The molecule has 0 aromatic heterocycles. The smallest absolute Gasteiger partial charge is 0.251 e. The van der Waals surface area contributed by atoms with E-state index in [4.69, 9.17) is 25.8 Å². The van der Waals surface area contributed by atoms with Gasteiger partial charge < -0.3 is 19.5 Å². The molecular weight excluding hydrogens is 404 g/mol. The van der Waals surface area contributed by atoms with E-state index >= 15 is 0 Å². The molecule has 2 aromatic carbocycles. The van der Waals surface area contributed by atoms with Crippen LogP contribution in [0.1, 0.15) is 28.8 Å². The minimum Gasteiger partial charge on any atom is -0.493 e. The molecule has 0 saturated carbocycles. The molecule has 1 heterocycles. The zero-order valence-corrected chi connectivity index (χ0v) is 18.1. The van der Waals surface area contributed by atoms with Crippen molar-refractivity contribution >= 4 is 17.5 Å². The van der Waals surface area contributed by atoms with Gasteiger partial charge in [-0.25, -0.2) is 0 Å². The molecule has 1 aliphatic heterocycles. The average molecular weight is 433 g/mol. The summed E-state index contributed by atoms with van der Waals surface area (Å²) >= 11 is 6.17. The van der Waals surface area contributed by atoms with E-state index < -0.39 is 0 Å². The van der Waals surface area contributed by atoms with E-state index in [1.807, 2.05) is 24.3 Å². The highest BCUT2D eigenvalue weighted by Crippen LogP contribution is 2.29. The fourth-order valence-corrected chi connectivity index (χ4v) is 3.48. The van der Waals surface area contributed by atoms with Gasteiger partial charge in [0, 0.05) is 35.8 Å². The second-order valence-electron chi connectivity index (χ2n) is 7.16. The van der Waals surface area contributed by atoms with Crippen molar-refractivity contribution in [1.29, 1.82) is 0 Å². The van der Waals surface area contributed by atoms with Crippen LogP contribution in [0, 0.1) is 0 Å². The third kappa shape index (κ3) is 6.62. The van der Waals surface area contributed by atoms with Crippen LogP contribution in [-0.2, 0) is 11.3 Å². The van der Waals surface area contributed by atoms with Crippen molar-refractivity contribution in [2.24, 2.45) is 0 Å². The predicted octanol–water partition coefficient (Wildman–Crippen LogP) is 3.77. The fourth-order valence-electron chi connectivity index (χ4n) is 3.29. The van der Waals surface area contributed by atoms with E-state index in [2.05, 4.69) is 10.2 Å². The lowest BCUT2D eigenvalue weighted by atomic mass is 10.1. The van der Waals surface area contributed by atoms with Gasteiger partial charge in [0.2, 0.25) is 0 Å². The molecule has 7 heteroatoms. The van der Waals surface area contributed by atoms with Gasteiger partial charge in [-0.15, -0.1) is 0 Å². The number of hydrogen-bond donors (Lipinski definition) is 1. The molecule has 1 saturated heterocycles. The molecule has 1 N–H and O–H groups in total. The van der Waals surface area contributed by atoms with E-state index in [0.29, 0.717) is 35.2 Å². The van der Waals surface area contributed by atoms with Crippen molar-refractivity contribution in [3.63, 3.8) is 0 Å². The van der Waals surface area contributed by atoms with Gasteiger partial charge in [0.15, 0.2) is 11.5 Å². The summed E-state index contributed by atoms with van der Waals surface area (Å²) in [7, 11) is 1.56. The summed E-state index contributed by atoms with van der Waals surface area (Å²) in [5.41, 5.74) is 1.44. The van der Waals surface area contributed by atoms with E-state index in [0.717, 1.165) is 51.3 Å². The maximum atomic E-state index is 12.5. The van der Waals surface area contributed by atoms with Gasteiger partial charge in [-0.2, -0.15) is 0 Å². The van der Waals surface area contributed by atoms with E-state index in [-0.39, 0.29) is 5.91 Å². The van der Waals surface area contributed by atoms with Gasteiger partial charge in [0.25, 0.3) is 5.91 Å². The van der Waals surface area contributed by atoms with Crippen LogP contribution in [0.5, 0.6) is 11.5 Å². The number of nitrogens with zero attached hydrogens (tertiary/aromatic N) is 1. The van der Waals surface area contributed by atoms with Gasteiger partial charge in [-0.1, -0.05) is 29.8 Å². The van der Waals surface area contributed by atoms with Crippen LogP contribution in [0.15, 0.2) is 42.5 Å². The third-order valence-electron chi connectivity index (χ3n) is 5.06. The quantitative estimate of drug-likeness (QED) is 0.579. The van der Waals surface area contributed by atoms with Crippen LogP contribution in [0.25, 0.3) is 0 Å². The molecular formula is C23H29ClN2O4. The Morgan fingerprint density at radius 1 is 1.13 bits per heavy atom. The number of methoxy groups -OCH3 is 1. The second kappa shape index (κ2) is 11.8. The lowest BCUT2D eigenvalue weighted by molar-refractivity contribution is 0.0372. The maximum absolute atomic E-state index is 12.5. The number of morpholine rings is 1. The van der Waals surface area contributed by atoms with Gasteiger partial charge in [-0.3, -0.25) is 9.69 Å². The minimum absolute atomic E-state index is 0.114. The van der Waals surface area contributed by atoms with Crippen molar-refractivity contribution < 1.29 is 19.0 Å². The Morgan fingerprint density at radius 2 is 1.93 bits per heavy atom.